The van der Waals surface area contributed by atoms with Crippen LogP contribution < -0.4 is 0 Å². The zero-order valence-corrected chi connectivity index (χ0v) is 9.05. The number of hydrogen-bond donors (Lipinski definition) is 2. The molecule has 0 amide bonds. The molecule has 86 valence electrons. The van der Waals surface area contributed by atoms with Crippen LogP contribution in [0.5, 0.6) is 0 Å². The van der Waals surface area contributed by atoms with E-state index in [0.717, 1.165) is 23.3 Å². The topological polar surface area (TPSA) is 74.9 Å². The molecule has 0 fully saturated rings. The molecule has 2 aromatic heterocycles. The predicted molar refractivity (Wildman–Crippen MR) is 61.3 cm³/mol. The fraction of sp³-hybridized carbons (Fsp3) is 0.167. The number of rotatable bonds is 3. The Balaban J connectivity index is 1.95. The maximum atomic E-state index is 8.94. The monoisotopic (exact) mass is 229 g/mol. The molecule has 0 spiro atoms. The minimum atomic E-state index is -0.178. The van der Waals surface area contributed by atoms with E-state index in [0.29, 0.717) is 11.5 Å². The van der Waals surface area contributed by atoms with E-state index in [9.17, 15) is 0 Å². The van der Waals surface area contributed by atoms with E-state index in [4.69, 9.17) is 9.52 Å². The SMILES string of the molecule is OCc1nc2ccc(Cc3ncc[nH]3)cc2o1. The van der Waals surface area contributed by atoms with Crippen LogP contribution in [0.3, 0.4) is 0 Å². The molecule has 1 aromatic carbocycles. The number of benzene rings is 1. The lowest BCUT2D eigenvalue weighted by Crippen LogP contribution is -1.89. The van der Waals surface area contributed by atoms with Crippen LogP contribution in [0.1, 0.15) is 17.3 Å². The third kappa shape index (κ3) is 1.92. The minimum Gasteiger partial charge on any atom is -0.438 e. The number of aliphatic hydroxyl groups is 1. The van der Waals surface area contributed by atoms with E-state index < -0.39 is 0 Å². The van der Waals surface area contributed by atoms with Crippen molar-refractivity contribution >= 4 is 11.1 Å². The number of oxazole rings is 1. The van der Waals surface area contributed by atoms with Crippen molar-refractivity contribution in [2.45, 2.75) is 13.0 Å². The molecule has 0 aliphatic rings. The summed E-state index contributed by atoms with van der Waals surface area (Å²) in [4.78, 5) is 11.4. The van der Waals surface area contributed by atoms with Crippen molar-refractivity contribution in [3.63, 3.8) is 0 Å². The molecule has 2 N–H and O–H groups in total. The van der Waals surface area contributed by atoms with Gasteiger partial charge in [0, 0.05) is 18.8 Å². The van der Waals surface area contributed by atoms with E-state index in [2.05, 4.69) is 15.0 Å². The summed E-state index contributed by atoms with van der Waals surface area (Å²) >= 11 is 0. The lowest BCUT2D eigenvalue weighted by atomic mass is 10.1. The number of hydrogen-bond acceptors (Lipinski definition) is 4. The predicted octanol–water partition coefficient (Wildman–Crippen LogP) is 1.63. The summed E-state index contributed by atoms with van der Waals surface area (Å²) in [5.74, 6) is 1.25. The molecule has 5 nitrogen and oxygen atoms in total. The second kappa shape index (κ2) is 4.03. The van der Waals surface area contributed by atoms with Gasteiger partial charge < -0.3 is 14.5 Å². The molecule has 3 aromatic rings. The molecule has 5 heteroatoms. The van der Waals surface area contributed by atoms with Crippen molar-refractivity contribution in [2.24, 2.45) is 0 Å². The van der Waals surface area contributed by atoms with Gasteiger partial charge in [0.05, 0.1) is 0 Å². The number of imidazole rings is 1. The van der Waals surface area contributed by atoms with Gasteiger partial charge in [0.25, 0.3) is 0 Å². The molecule has 0 atom stereocenters. The second-order valence-electron chi connectivity index (χ2n) is 3.78. The van der Waals surface area contributed by atoms with Crippen molar-refractivity contribution < 1.29 is 9.52 Å². The molecule has 2 heterocycles. The van der Waals surface area contributed by atoms with Crippen LogP contribution in [-0.2, 0) is 13.0 Å². The van der Waals surface area contributed by atoms with Gasteiger partial charge in [-0.25, -0.2) is 9.97 Å². The van der Waals surface area contributed by atoms with Gasteiger partial charge in [0.15, 0.2) is 5.58 Å². The summed E-state index contributed by atoms with van der Waals surface area (Å²) in [6.07, 6.45) is 4.25. The average molecular weight is 229 g/mol. The van der Waals surface area contributed by atoms with Gasteiger partial charge in [-0.3, -0.25) is 0 Å². The Labute approximate surface area is 97.1 Å². The van der Waals surface area contributed by atoms with Crippen LogP contribution in [0.15, 0.2) is 35.0 Å². The van der Waals surface area contributed by atoms with Crippen molar-refractivity contribution in [3.8, 4) is 0 Å². The lowest BCUT2D eigenvalue weighted by Gasteiger charge is -1.97. The Bertz CT molecular complexity index is 628. The lowest BCUT2D eigenvalue weighted by molar-refractivity contribution is 0.244. The van der Waals surface area contributed by atoms with Crippen LogP contribution in [0.2, 0.25) is 0 Å². The highest BCUT2D eigenvalue weighted by molar-refractivity contribution is 5.73. The molecular formula is C12H11N3O2. The first-order chi connectivity index (χ1) is 8.35. The Morgan fingerprint density at radius 3 is 3.06 bits per heavy atom. The molecule has 0 bridgehead atoms. The van der Waals surface area contributed by atoms with E-state index in [1.165, 1.54) is 0 Å². The van der Waals surface area contributed by atoms with Crippen molar-refractivity contribution in [1.29, 1.82) is 0 Å². The van der Waals surface area contributed by atoms with Crippen LogP contribution >= 0.6 is 0 Å². The van der Waals surface area contributed by atoms with E-state index >= 15 is 0 Å². The maximum absolute atomic E-state index is 8.94. The fourth-order valence-electron chi connectivity index (χ4n) is 1.78. The summed E-state index contributed by atoms with van der Waals surface area (Å²) in [7, 11) is 0. The summed E-state index contributed by atoms with van der Waals surface area (Å²) in [6, 6.07) is 5.79. The van der Waals surface area contributed by atoms with Crippen molar-refractivity contribution in [2.75, 3.05) is 0 Å². The van der Waals surface area contributed by atoms with Crippen LogP contribution in [0.4, 0.5) is 0 Å². The zero-order valence-electron chi connectivity index (χ0n) is 9.05. The summed E-state index contributed by atoms with van der Waals surface area (Å²) in [5, 5.41) is 8.94. The average Bonchev–Trinajstić information content (AvgIpc) is 2.96. The van der Waals surface area contributed by atoms with Gasteiger partial charge in [0.1, 0.15) is 17.9 Å². The Kier molecular flexibility index (Phi) is 2.38. The van der Waals surface area contributed by atoms with E-state index in [-0.39, 0.29) is 6.61 Å². The number of H-pyrrole nitrogens is 1. The quantitative estimate of drug-likeness (QED) is 0.715. The number of nitrogens with one attached hydrogen (secondary N) is 1. The largest absolute Gasteiger partial charge is 0.438 e. The molecule has 0 saturated carbocycles. The second-order valence-corrected chi connectivity index (χ2v) is 3.78. The minimum absolute atomic E-state index is 0.178. The van der Waals surface area contributed by atoms with Gasteiger partial charge in [-0.2, -0.15) is 0 Å². The highest BCUT2D eigenvalue weighted by atomic mass is 16.4. The van der Waals surface area contributed by atoms with Crippen molar-refractivity contribution in [1.82, 2.24) is 15.0 Å². The number of aromatic nitrogens is 3. The molecule has 0 radical (unpaired) electrons. The van der Waals surface area contributed by atoms with Crippen molar-refractivity contribution in [3.05, 3.63) is 47.9 Å². The fourth-order valence-corrected chi connectivity index (χ4v) is 1.78. The molecule has 3 rings (SSSR count). The molecule has 0 aliphatic carbocycles. The van der Waals surface area contributed by atoms with Gasteiger partial charge >= 0.3 is 0 Å². The third-order valence-corrected chi connectivity index (χ3v) is 2.56. The standard InChI is InChI=1S/C12H11N3O2/c16-7-12-15-9-2-1-8(5-10(9)17-12)6-11-13-3-4-14-11/h1-5,16H,6-7H2,(H,13,14). The van der Waals surface area contributed by atoms with Gasteiger partial charge in [-0.1, -0.05) is 6.07 Å². The molecule has 0 aliphatic heterocycles. The number of aliphatic hydroxyl groups excluding tert-OH is 1. The summed E-state index contributed by atoms with van der Waals surface area (Å²) < 4.78 is 5.39. The summed E-state index contributed by atoms with van der Waals surface area (Å²) in [5.41, 5.74) is 2.54. The molecule has 17 heavy (non-hydrogen) atoms. The van der Waals surface area contributed by atoms with E-state index in [1.807, 2.05) is 18.2 Å². The van der Waals surface area contributed by atoms with Crippen LogP contribution in [0.25, 0.3) is 11.1 Å². The van der Waals surface area contributed by atoms with Crippen LogP contribution in [0, 0.1) is 0 Å². The maximum Gasteiger partial charge on any atom is 0.221 e. The van der Waals surface area contributed by atoms with Gasteiger partial charge in [0.2, 0.25) is 5.89 Å². The number of aromatic amines is 1. The Morgan fingerprint density at radius 1 is 1.35 bits per heavy atom. The number of fused-ring (bicyclic) bond motifs is 1. The Morgan fingerprint density at radius 2 is 2.29 bits per heavy atom. The summed E-state index contributed by atoms with van der Waals surface area (Å²) in [6.45, 7) is -0.178. The first-order valence-electron chi connectivity index (χ1n) is 5.32. The molecule has 0 unspecified atom stereocenters. The molecular weight excluding hydrogens is 218 g/mol. The first kappa shape index (κ1) is 10.0. The van der Waals surface area contributed by atoms with E-state index in [1.54, 1.807) is 12.4 Å². The van der Waals surface area contributed by atoms with Crippen LogP contribution in [-0.4, -0.2) is 20.1 Å². The highest BCUT2D eigenvalue weighted by Gasteiger charge is 2.06. The third-order valence-electron chi connectivity index (χ3n) is 2.56. The zero-order chi connectivity index (χ0) is 11.7. The Hall–Kier alpha value is -2.14. The normalized spacial score (nSPS) is 11.1. The molecule has 0 saturated heterocycles. The highest BCUT2D eigenvalue weighted by Crippen LogP contribution is 2.18. The smallest absolute Gasteiger partial charge is 0.221 e. The number of nitrogens with zero attached hydrogens (tertiary/aromatic N) is 2. The van der Waals surface area contributed by atoms with Gasteiger partial charge in [-0.15, -0.1) is 0 Å². The van der Waals surface area contributed by atoms with Gasteiger partial charge in [-0.05, 0) is 17.7 Å². The first-order valence-corrected chi connectivity index (χ1v) is 5.32.